The van der Waals surface area contributed by atoms with Gasteiger partial charge in [-0.3, -0.25) is 4.79 Å². The van der Waals surface area contributed by atoms with Gasteiger partial charge in [-0.25, -0.2) is 4.39 Å². The number of carbonyl (C=O) groups is 1. The van der Waals surface area contributed by atoms with Crippen LogP contribution in [-0.4, -0.2) is 19.0 Å². The van der Waals surface area contributed by atoms with E-state index >= 15 is 0 Å². The Morgan fingerprint density at radius 3 is 2.52 bits per heavy atom. The van der Waals surface area contributed by atoms with Crippen LogP contribution in [0, 0.1) is 5.82 Å². The summed E-state index contributed by atoms with van der Waals surface area (Å²) in [6, 6.07) is 14.2. The SMILES string of the molecule is O=C(CCNCc1ccccc1F)NCCc1ccc(Cl)cc1. The molecule has 0 heterocycles. The molecule has 0 spiro atoms. The first kappa shape index (κ1) is 17.4. The van der Waals surface area contributed by atoms with Gasteiger partial charge in [-0.15, -0.1) is 0 Å². The molecule has 0 atom stereocenters. The van der Waals surface area contributed by atoms with Crippen LogP contribution in [0.4, 0.5) is 4.39 Å². The van der Waals surface area contributed by atoms with Crippen LogP contribution in [0.2, 0.25) is 5.02 Å². The quantitative estimate of drug-likeness (QED) is 0.727. The molecule has 0 aliphatic rings. The summed E-state index contributed by atoms with van der Waals surface area (Å²) < 4.78 is 13.4. The number of nitrogens with one attached hydrogen (secondary N) is 2. The molecule has 5 heteroatoms. The number of benzene rings is 2. The van der Waals surface area contributed by atoms with E-state index in [1.165, 1.54) is 6.07 Å². The molecule has 2 rings (SSSR count). The largest absolute Gasteiger partial charge is 0.356 e. The monoisotopic (exact) mass is 334 g/mol. The molecule has 2 aromatic rings. The number of hydrogen-bond donors (Lipinski definition) is 2. The first-order valence-corrected chi connectivity index (χ1v) is 7.98. The zero-order valence-corrected chi connectivity index (χ0v) is 13.6. The smallest absolute Gasteiger partial charge is 0.221 e. The molecule has 2 aromatic carbocycles. The Labute approximate surface area is 140 Å². The number of hydrogen-bond acceptors (Lipinski definition) is 2. The highest BCUT2D eigenvalue weighted by Gasteiger charge is 2.03. The van der Waals surface area contributed by atoms with Crippen LogP contribution >= 0.6 is 11.6 Å². The van der Waals surface area contributed by atoms with E-state index in [1.807, 2.05) is 24.3 Å². The minimum absolute atomic E-state index is 0.0139. The van der Waals surface area contributed by atoms with Gasteiger partial charge in [0.15, 0.2) is 0 Å². The van der Waals surface area contributed by atoms with Crippen LogP contribution in [0.15, 0.2) is 48.5 Å². The number of rotatable bonds is 8. The Hall–Kier alpha value is -1.91. The van der Waals surface area contributed by atoms with Gasteiger partial charge in [-0.05, 0) is 30.2 Å². The van der Waals surface area contributed by atoms with Crippen molar-refractivity contribution in [1.82, 2.24) is 10.6 Å². The van der Waals surface area contributed by atoms with Gasteiger partial charge in [-0.1, -0.05) is 41.9 Å². The van der Waals surface area contributed by atoms with Gasteiger partial charge in [-0.2, -0.15) is 0 Å². The molecule has 0 aromatic heterocycles. The van der Waals surface area contributed by atoms with Gasteiger partial charge in [0.1, 0.15) is 5.82 Å². The molecule has 2 N–H and O–H groups in total. The maximum Gasteiger partial charge on any atom is 0.221 e. The topological polar surface area (TPSA) is 41.1 Å². The number of halogens is 2. The van der Waals surface area contributed by atoms with Gasteiger partial charge in [0.05, 0.1) is 0 Å². The Balaban J connectivity index is 1.58. The second kappa shape index (κ2) is 9.28. The zero-order valence-electron chi connectivity index (χ0n) is 12.8. The van der Waals surface area contributed by atoms with Crippen LogP contribution in [0.3, 0.4) is 0 Å². The second-order valence-corrected chi connectivity index (χ2v) is 5.68. The molecule has 0 saturated heterocycles. The molecule has 0 fully saturated rings. The number of amides is 1. The first-order valence-electron chi connectivity index (χ1n) is 7.60. The minimum Gasteiger partial charge on any atom is -0.356 e. The van der Waals surface area contributed by atoms with E-state index in [4.69, 9.17) is 11.6 Å². The molecule has 0 radical (unpaired) electrons. The van der Waals surface area contributed by atoms with Crippen LogP contribution in [-0.2, 0) is 17.8 Å². The fourth-order valence-corrected chi connectivity index (χ4v) is 2.28. The Morgan fingerprint density at radius 1 is 1.04 bits per heavy atom. The maximum atomic E-state index is 13.4. The fourth-order valence-electron chi connectivity index (χ4n) is 2.15. The highest BCUT2D eigenvalue weighted by molar-refractivity contribution is 6.30. The molecular formula is C18H20ClFN2O. The van der Waals surface area contributed by atoms with Crippen LogP contribution in [0.1, 0.15) is 17.5 Å². The Bertz CT molecular complexity index is 631. The third kappa shape index (κ3) is 6.38. The van der Waals surface area contributed by atoms with E-state index in [2.05, 4.69) is 10.6 Å². The standard InChI is InChI=1S/C18H20ClFN2O/c19-16-7-5-14(6-8-16)9-12-22-18(23)10-11-21-13-15-3-1-2-4-17(15)20/h1-8,21H,9-13H2,(H,22,23). The predicted octanol–water partition coefficient (Wildman–Crippen LogP) is 3.32. The Kier molecular flexibility index (Phi) is 7.04. The van der Waals surface area contributed by atoms with Crippen molar-refractivity contribution in [3.05, 3.63) is 70.5 Å². The lowest BCUT2D eigenvalue weighted by atomic mass is 10.1. The maximum absolute atomic E-state index is 13.4. The molecule has 122 valence electrons. The highest BCUT2D eigenvalue weighted by atomic mass is 35.5. The van der Waals surface area contributed by atoms with Gasteiger partial charge in [0.25, 0.3) is 0 Å². The molecule has 0 aliphatic carbocycles. The van der Waals surface area contributed by atoms with Crippen molar-refractivity contribution in [2.75, 3.05) is 13.1 Å². The van der Waals surface area contributed by atoms with Crippen LogP contribution in [0.25, 0.3) is 0 Å². The van der Waals surface area contributed by atoms with Crippen molar-refractivity contribution in [2.45, 2.75) is 19.4 Å². The van der Waals surface area contributed by atoms with E-state index in [0.717, 1.165) is 12.0 Å². The van der Waals surface area contributed by atoms with Crippen molar-refractivity contribution < 1.29 is 9.18 Å². The molecule has 0 aliphatic heterocycles. The summed E-state index contributed by atoms with van der Waals surface area (Å²) in [5.41, 5.74) is 1.74. The third-order valence-electron chi connectivity index (χ3n) is 3.45. The molecule has 0 bridgehead atoms. The molecule has 23 heavy (non-hydrogen) atoms. The zero-order chi connectivity index (χ0) is 16.5. The fraction of sp³-hybridized carbons (Fsp3) is 0.278. The summed E-state index contributed by atoms with van der Waals surface area (Å²) in [4.78, 5) is 11.7. The highest BCUT2D eigenvalue weighted by Crippen LogP contribution is 2.09. The van der Waals surface area contributed by atoms with Crippen molar-refractivity contribution in [3.63, 3.8) is 0 Å². The van der Waals surface area contributed by atoms with E-state index in [1.54, 1.807) is 18.2 Å². The summed E-state index contributed by atoms with van der Waals surface area (Å²) in [6.45, 7) is 1.53. The average molecular weight is 335 g/mol. The van der Waals surface area contributed by atoms with E-state index in [0.29, 0.717) is 36.6 Å². The molecule has 1 amide bonds. The van der Waals surface area contributed by atoms with Crippen LogP contribution < -0.4 is 10.6 Å². The third-order valence-corrected chi connectivity index (χ3v) is 3.70. The summed E-state index contributed by atoms with van der Waals surface area (Å²) in [5, 5.41) is 6.65. The lowest BCUT2D eigenvalue weighted by molar-refractivity contribution is -0.120. The van der Waals surface area contributed by atoms with E-state index in [9.17, 15) is 9.18 Å². The molecule has 0 saturated carbocycles. The lowest BCUT2D eigenvalue weighted by Crippen LogP contribution is -2.29. The normalized spacial score (nSPS) is 10.5. The van der Waals surface area contributed by atoms with Gasteiger partial charge in [0, 0.05) is 36.6 Å². The van der Waals surface area contributed by atoms with Crippen molar-refractivity contribution >= 4 is 17.5 Å². The average Bonchev–Trinajstić information content (AvgIpc) is 2.55. The molecule has 3 nitrogen and oxygen atoms in total. The van der Waals surface area contributed by atoms with Crippen molar-refractivity contribution in [1.29, 1.82) is 0 Å². The summed E-state index contributed by atoms with van der Waals surface area (Å²) in [5.74, 6) is -0.243. The summed E-state index contributed by atoms with van der Waals surface area (Å²) in [7, 11) is 0. The van der Waals surface area contributed by atoms with Crippen molar-refractivity contribution in [3.8, 4) is 0 Å². The summed E-state index contributed by atoms with van der Waals surface area (Å²) in [6.07, 6.45) is 1.14. The lowest BCUT2D eigenvalue weighted by Gasteiger charge is -2.07. The predicted molar refractivity (Wildman–Crippen MR) is 90.9 cm³/mol. The molecule has 0 unspecified atom stereocenters. The van der Waals surface area contributed by atoms with Gasteiger partial charge >= 0.3 is 0 Å². The number of carbonyl (C=O) groups excluding carboxylic acids is 1. The van der Waals surface area contributed by atoms with Gasteiger partial charge < -0.3 is 10.6 Å². The van der Waals surface area contributed by atoms with Gasteiger partial charge in [0.2, 0.25) is 5.91 Å². The van der Waals surface area contributed by atoms with Crippen molar-refractivity contribution in [2.24, 2.45) is 0 Å². The minimum atomic E-state index is -0.229. The van der Waals surface area contributed by atoms with E-state index in [-0.39, 0.29) is 11.7 Å². The Morgan fingerprint density at radius 2 is 1.78 bits per heavy atom. The van der Waals surface area contributed by atoms with Crippen LogP contribution in [0.5, 0.6) is 0 Å². The van der Waals surface area contributed by atoms with E-state index < -0.39 is 0 Å². The second-order valence-electron chi connectivity index (χ2n) is 5.24. The molecular weight excluding hydrogens is 315 g/mol. The first-order chi connectivity index (χ1) is 11.1. The summed E-state index contributed by atoms with van der Waals surface area (Å²) >= 11 is 5.82.